The molecule has 10 rings (SSSR count). The van der Waals surface area contributed by atoms with E-state index in [1.807, 2.05) is 24.4 Å². The molecule has 0 atom stereocenters. The Balaban J connectivity index is 1.23. The summed E-state index contributed by atoms with van der Waals surface area (Å²) in [6, 6.07) is 55.8. The third-order valence-corrected chi connectivity index (χ3v) is 10.4. The molecule has 0 radical (unpaired) electrons. The SMILES string of the molecule is CC1(C)c2ccccc2N(c2ccc(-n3c(-c4ccc5ccccc5c4)nc4c5ncccc5nc(-c5ccccc5)c43)cc2)c2ccccc21. The summed E-state index contributed by atoms with van der Waals surface area (Å²) in [5.41, 5.74) is 13.3. The zero-order valence-electron chi connectivity index (χ0n) is 28.3. The predicted octanol–water partition coefficient (Wildman–Crippen LogP) is 11.6. The fraction of sp³-hybridized carbons (Fsp3) is 0.0652. The number of anilines is 3. The van der Waals surface area contributed by atoms with E-state index in [0.717, 1.165) is 56.1 Å². The summed E-state index contributed by atoms with van der Waals surface area (Å²) in [4.78, 5) is 17.9. The number of imidazole rings is 1. The van der Waals surface area contributed by atoms with Gasteiger partial charge in [0.05, 0.1) is 22.6 Å². The highest BCUT2D eigenvalue weighted by atomic mass is 15.2. The van der Waals surface area contributed by atoms with Gasteiger partial charge in [0, 0.05) is 34.1 Å². The van der Waals surface area contributed by atoms with Crippen molar-refractivity contribution in [1.29, 1.82) is 0 Å². The molecule has 0 aliphatic carbocycles. The standard InChI is InChI=1S/C46H33N5/c1-46(2)36-17-8-10-20-39(36)50(40-21-11-9-18-37(40)46)34-24-26-35(27-25-34)51-44-41(31-14-4-3-5-15-31)48-38-19-12-28-47-42(38)43(44)49-45(51)33-23-22-30-13-6-7-16-32(30)29-33/h3-29H,1-2H3. The van der Waals surface area contributed by atoms with E-state index in [1.165, 1.54) is 33.3 Å². The average Bonchev–Trinajstić information content (AvgIpc) is 3.59. The van der Waals surface area contributed by atoms with Gasteiger partial charge in [-0.05, 0) is 76.5 Å². The monoisotopic (exact) mass is 655 g/mol. The second kappa shape index (κ2) is 11.2. The molecule has 51 heavy (non-hydrogen) atoms. The van der Waals surface area contributed by atoms with Crippen molar-refractivity contribution in [2.24, 2.45) is 0 Å². The van der Waals surface area contributed by atoms with Gasteiger partial charge in [-0.1, -0.05) is 117 Å². The molecule has 5 heteroatoms. The van der Waals surface area contributed by atoms with Gasteiger partial charge in [0.15, 0.2) is 0 Å². The first-order chi connectivity index (χ1) is 25.1. The van der Waals surface area contributed by atoms with E-state index >= 15 is 0 Å². The van der Waals surface area contributed by atoms with Gasteiger partial charge < -0.3 is 4.90 Å². The van der Waals surface area contributed by atoms with Crippen LogP contribution in [0.1, 0.15) is 25.0 Å². The van der Waals surface area contributed by atoms with Gasteiger partial charge in [0.2, 0.25) is 0 Å². The van der Waals surface area contributed by atoms with E-state index in [1.54, 1.807) is 0 Å². The van der Waals surface area contributed by atoms with Gasteiger partial charge in [-0.25, -0.2) is 9.97 Å². The Bertz CT molecular complexity index is 2730. The van der Waals surface area contributed by atoms with Crippen LogP contribution in [0.3, 0.4) is 0 Å². The Morgan fingerprint density at radius 1 is 0.510 bits per heavy atom. The van der Waals surface area contributed by atoms with E-state index in [-0.39, 0.29) is 5.41 Å². The van der Waals surface area contributed by atoms with Crippen LogP contribution >= 0.6 is 0 Å². The van der Waals surface area contributed by atoms with Crippen molar-refractivity contribution in [2.75, 3.05) is 4.90 Å². The maximum absolute atomic E-state index is 5.42. The molecule has 5 nitrogen and oxygen atoms in total. The minimum Gasteiger partial charge on any atom is -0.310 e. The molecule has 0 bridgehead atoms. The summed E-state index contributed by atoms with van der Waals surface area (Å²) >= 11 is 0. The second-order valence-electron chi connectivity index (χ2n) is 13.7. The molecule has 9 aromatic rings. The number of para-hydroxylation sites is 2. The largest absolute Gasteiger partial charge is 0.310 e. The molecule has 0 fully saturated rings. The predicted molar refractivity (Wildman–Crippen MR) is 209 cm³/mol. The summed E-state index contributed by atoms with van der Waals surface area (Å²) in [6.07, 6.45) is 1.82. The van der Waals surface area contributed by atoms with Crippen LogP contribution in [-0.2, 0) is 5.41 Å². The molecule has 1 aliphatic heterocycles. The second-order valence-corrected chi connectivity index (χ2v) is 13.7. The van der Waals surface area contributed by atoms with Gasteiger partial charge >= 0.3 is 0 Å². The lowest BCUT2D eigenvalue weighted by Gasteiger charge is -2.42. The fourth-order valence-electron chi connectivity index (χ4n) is 7.92. The number of fused-ring (bicyclic) bond motifs is 6. The van der Waals surface area contributed by atoms with E-state index in [2.05, 4.69) is 163 Å². The molecule has 6 aromatic carbocycles. The zero-order valence-corrected chi connectivity index (χ0v) is 28.3. The first-order valence-corrected chi connectivity index (χ1v) is 17.4. The number of pyridine rings is 2. The van der Waals surface area contributed by atoms with Crippen LogP contribution in [0.4, 0.5) is 17.1 Å². The lowest BCUT2D eigenvalue weighted by Crippen LogP contribution is -2.30. The lowest BCUT2D eigenvalue weighted by molar-refractivity contribution is 0.632. The van der Waals surface area contributed by atoms with Gasteiger partial charge in [-0.2, -0.15) is 0 Å². The van der Waals surface area contributed by atoms with Crippen LogP contribution in [0, 0.1) is 0 Å². The minimum atomic E-state index is -0.119. The summed E-state index contributed by atoms with van der Waals surface area (Å²) in [6.45, 7) is 4.64. The third-order valence-electron chi connectivity index (χ3n) is 10.4. The van der Waals surface area contributed by atoms with Crippen molar-refractivity contribution in [3.05, 3.63) is 175 Å². The number of hydrogen-bond acceptors (Lipinski definition) is 4. The Hall–Kier alpha value is -6.59. The van der Waals surface area contributed by atoms with Crippen LogP contribution in [0.15, 0.2) is 164 Å². The van der Waals surface area contributed by atoms with Gasteiger partial charge in [-0.15, -0.1) is 0 Å². The summed E-state index contributed by atoms with van der Waals surface area (Å²) < 4.78 is 2.27. The minimum absolute atomic E-state index is 0.119. The van der Waals surface area contributed by atoms with E-state index in [0.29, 0.717) is 0 Å². The first kappa shape index (κ1) is 29.3. The molecule has 0 unspecified atom stereocenters. The maximum atomic E-state index is 5.42. The lowest BCUT2D eigenvalue weighted by atomic mass is 9.73. The van der Waals surface area contributed by atoms with E-state index in [9.17, 15) is 0 Å². The number of aromatic nitrogens is 4. The molecule has 0 amide bonds. The van der Waals surface area contributed by atoms with Gasteiger partial charge in [0.1, 0.15) is 22.4 Å². The Morgan fingerprint density at radius 2 is 1.16 bits per heavy atom. The Kier molecular flexibility index (Phi) is 6.46. The average molecular weight is 656 g/mol. The molecule has 242 valence electrons. The van der Waals surface area contributed by atoms with Crippen molar-refractivity contribution in [1.82, 2.24) is 19.5 Å². The maximum Gasteiger partial charge on any atom is 0.145 e. The number of hydrogen-bond donors (Lipinski definition) is 0. The quantitative estimate of drug-likeness (QED) is 0.189. The summed E-state index contributed by atoms with van der Waals surface area (Å²) in [5.74, 6) is 0.844. The van der Waals surface area contributed by atoms with Crippen LogP contribution in [-0.4, -0.2) is 19.5 Å². The Labute approximate surface area is 296 Å². The van der Waals surface area contributed by atoms with Crippen molar-refractivity contribution >= 4 is 49.9 Å². The molecule has 0 saturated heterocycles. The molecule has 0 N–H and O–H groups in total. The van der Waals surface area contributed by atoms with Gasteiger partial charge in [0.25, 0.3) is 0 Å². The molecule has 4 heterocycles. The molecule has 0 spiro atoms. The van der Waals surface area contributed by atoms with Gasteiger partial charge in [-0.3, -0.25) is 9.55 Å². The van der Waals surface area contributed by atoms with Crippen molar-refractivity contribution < 1.29 is 0 Å². The summed E-state index contributed by atoms with van der Waals surface area (Å²) in [7, 11) is 0. The molecular weight excluding hydrogens is 623 g/mol. The number of benzene rings is 6. The highest BCUT2D eigenvalue weighted by Crippen LogP contribution is 2.51. The smallest absolute Gasteiger partial charge is 0.145 e. The fourth-order valence-corrected chi connectivity index (χ4v) is 7.92. The van der Waals surface area contributed by atoms with Crippen LogP contribution in [0.5, 0.6) is 0 Å². The third kappa shape index (κ3) is 4.51. The number of nitrogens with zero attached hydrogens (tertiary/aromatic N) is 5. The highest BCUT2D eigenvalue weighted by Gasteiger charge is 2.36. The van der Waals surface area contributed by atoms with Crippen molar-refractivity contribution in [3.63, 3.8) is 0 Å². The number of rotatable bonds is 4. The van der Waals surface area contributed by atoms with Crippen LogP contribution in [0.25, 0.3) is 61.2 Å². The van der Waals surface area contributed by atoms with Crippen molar-refractivity contribution in [3.8, 4) is 28.3 Å². The normalized spacial score (nSPS) is 13.4. The topological polar surface area (TPSA) is 46.8 Å². The van der Waals surface area contributed by atoms with Crippen molar-refractivity contribution in [2.45, 2.75) is 19.3 Å². The summed E-state index contributed by atoms with van der Waals surface area (Å²) in [5, 5.41) is 2.36. The van der Waals surface area contributed by atoms with E-state index in [4.69, 9.17) is 15.0 Å². The molecule has 3 aromatic heterocycles. The molecular formula is C46H33N5. The highest BCUT2D eigenvalue weighted by molar-refractivity contribution is 6.08. The zero-order chi connectivity index (χ0) is 34.1. The first-order valence-electron chi connectivity index (χ1n) is 17.4. The van der Waals surface area contributed by atoms with Crippen LogP contribution in [0.2, 0.25) is 0 Å². The van der Waals surface area contributed by atoms with E-state index < -0.39 is 0 Å². The molecule has 1 aliphatic rings. The Morgan fingerprint density at radius 3 is 1.90 bits per heavy atom. The van der Waals surface area contributed by atoms with Crippen LogP contribution < -0.4 is 4.90 Å². The molecule has 0 saturated carbocycles.